The fraction of sp³-hybridized carbons (Fsp3) is 0.385. The van der Waals surface area contributed by atoms with Gasteiger partial charge in [-0.25, -0.2) is 0 Å². The molecule has 2 atom stereocenters. The number of hydrogen-bond acceptors (Lipinski definition) is 3. The molecule has 6 heteroatoms. The summed E-state index contributed by atoms with van der Waals surface area (Å²) in [6.07, 6.45) is 0.427. The van der Waals surface area contributed by atoms with Gasteiger partial charge in [0.25, 0.3) is 0 Å². The third-order valence-corrected chi connectivity index (χ3v) is 3.15. The molecule has 2 N–H and O–H groups in total. The second-order valence-electron chi connectivity index (χ2n) is 4.38. The number of rotatable bonds is 6. The zero-order valence-electron chi connectivity index (χ0n) is 10.1. The number of benzene rings is 1. The van der Waals surface area contributed by atoms with Crippen LogP contribution in [0.1, 0.15) is 6.42 Å². The van der Waals surface area contributed by atoms with E-state index in [2.05, 4.69) is 5.32 Å². The second kappa shape index (κ2) is 5.93. The Balaban J connectivity index is 1.65. The average Bonchev–Trinajstić information content (AvgIpc) is 3.15. The molecule has 1 aliphatic rings. The smallest absolute Gasteiger partial charge is 0.307 e. The first kappa shape index (κ1) is 13.7. The minimum atomic E-state index is -0.907. The summed E-state index contributed by atoms with van der Waals surface area (Å²) in [6, 6.07) is 6.98. The van der Waals surface area contributed by atoms with E-state index in [-0.39, 0.29) is 11.8 Å². The van der Waals surface area contributed by atoms with Crippen molar-refractivity contribution in [1.82, 2.24) is 5.32 Å². The Bertz CT molecular complexity index is 491. The van der Waals surface area contributed by atoms with E-state index in [1.807, 2.05) is 0 Å². The van der Waals surface area contributed by atoms with E-state index in [9.17, 15) is 9.59 Å². The van der Waals surface area contributed by atoms with E-state index < -0.39 is 11.9 Å². The zero-order chi connectivity index (χ0) is 13.8. The molecule has 0 saturated heterocycles. The van der Waals surface area contributed by atoms with E-state index >= 15 is 0 Å². The molecule has 1 saturated carbocycles. The largest absolute Gasteiger partial charge is 0.492 e. The van der Waals surface area contributed by atoms with E-state index in [0.29, 0.717) is 30.3 Å². The lowest BCUT2D eigenvalue weighted by atomic mass is 10.3. The van der Waals surface area contributed by atoms with Gasteiger partial charge in [-0.05, 0) is 24.6 Å². The highest BCUT2D eigenvalue weighted by Crippen LogP contribution is 2.38. The van der Waals surface area contributed by atoms with Crippen molar-refractivity contribution in [2.24, 2.45) is 11.8 Å². The Morgan fingerprint density at radius 1 is 1.42 bits per heavy atom. The minimum Gasteiger partial charge on any atom is -0.492 e. The summed E-state index contributed by atoms with van der Waals surface area (Å²) < 4.78 is 5.40. The van der Waals surface area contributed by atoms with Crippen molar-refractivity contribution in [3.05, 3.63) is 29.3 Å². The lowest BCUT2D eigenvalue weighted by molar-refractivity contribution is -0.140. The van der Waals surface area contributed by atoms with E-state index in [0.717, 1.165) is 0 Å². The molecule has 1 aromatic carbocycles. The number of amides is 1. The first-order valence-electron chi connectivity index (χ1n) is 5.97. The van der Waals surface area contributed by atoms with Crippen molar-refractivity contribution in [1.29, 1.82) is 0 Å². The van der Waals surface area contributed by atoms with Crippen molar-refractivity contribution in [3.63, 3.8) is 0 Å². The number of ether oxygens (including phenoxy) is 1. The number of halogens is 1. The van der Waals surface area contributed by atoms with Crippen LogP contribution < -0.4 is 10.1 Å². The molecular weight excluding hydrogens is 270 g/mol. The second-order valence-corrected chi connectivity index (χ2v) is 4.82. The fourth-order valence-electron chi connectivity index (χ4n) is 1.79. The molecule has 0 bridgehead atoms. The van der Waals surface area contributed by atoms with Gasteiger partial charge in [0.2, 0.25) is 5.91 Å². The van der Waals surface area contributed by atoms with Gasteiger partial charge in [-0.3, -0.25) is 9.59 Å². The monoisotopic (exact) mass is 283 g/mol. The van der Waals surface area contributed by atoms with Crippen molar-refractivity contribution in [2.45, 2.75) is 6.42 Å². The molecule has 1 fully saturated rings. The predicted molar refractivity (Wildman–Crippen MR) is 69.2 cm³/mol. The minimum absolute atomic E-state index is 0.220. The van der Waals surface area contributed by atoms with Crippen LogP contribution in [0.25, 0.3) is 0 Å². The van der Waals surface area contributed by atoms with Crippen molar-refractivity contribution >= 4 is 23.5 Å². The maximum absolute atomic E-state index is 11.5. The van der Waals surface area contributed by atoms with Gasteiger partial charge in [0.1, 0.15) is 12.4 Å². The lowest BCUT2D eigenvalue weighted by Gasteiger charge is -2.07. The van der Waals surface area contributed by atoms with Crippen molar-refractivity contribution in [3.8, 4) is 5.75 Å². The fourth-order valence-corrected chi connectivity index (χ4v) is 1.97. The van der Waals surface area contributed by atoms with Crippen molar-refractivity contribution < 1.29 is 19.4 Å². The van der Waals surface area contributed by atoms with Crippen LogP contribution in [0, 0.1) is 11.8 Å². The summed E-state index contributed by atoms with van der Waals surface area (Å²) >= 11 is 5.80. The van der Waals surface area contributed by atoms with Crippen molar-refractivity contribution in [2.75, 3.05) is 13.2 Å². The van der Waals surface area contributed by atoms with Crippen LogP contribution in [-0.2, 0) is 9.59 Å². The average molecular weight is 284 g/mol. The molecule has 1 aliphatic carbocycles. The molecular formula is C13H14ClNO4. The van der Waals surface area contributed by atoms with E-state index in [1.54, 1.807) is 24.3 Å². The first-order chi connectivity index (χ1) is 9.08. The first-order valence-corrected chi connectivity index (χ1v) is 6.34. The summed E-state index contributed by atoms with van der Waals surface area (Å²) in [7, 11) is 0. The number of hydrogen-bond donors (Lipinski definition) is 2. The third-order valence-electron chi connectivity index (χ3n) is 2.91. The van der Waals surface area contributed by atoms with Crippen LogP contribution in [0.2, 0.25) is 5.02 Å². The SMILES string of the molecule is O=C(O)C1CC1C(=O)NCCOc1cccc(Cl)c1. The maximum atomic E-state index is 11.5. The van der Waals surface area contributed by atoms with Gasteiger partial charge in [-0.15, -0.1) is 0 Å². The topological polar surface area (TPSA) is 75.6 Å². The molecule has 0 radical (unpaired) electrons. The molecule has 2 rings (SSSR count). The molecule has 5 nitrogen and oxygen atoms in total. The Hall–Kier alpha value is -1.75. The highest BCUT2D eigenvalue weighted by atomic mass is 35.5. The van der Waals surface area contributed by atoms with Gasteiger partial charge in [0.05, 0.1) is 18.4 Å². The van der Waals surface area contributed by atoms with Gasteiger partial charge >= 0.3 is 5.97 Å². The molecule has 102 valence electrons. The lowest BCUT2D eigenvalue weighted by Crippen LogP contribution is -2.30. The summed E-state index contributed by atoms with van der Waals surface area (Å²) in [4.78, 5) is 22.1. The number of aliphatic carboxylic acids is 1. The summed E-state index contributed by atoms with van der Waals surface area (Å²) in [6.45, 7) is 0.657. The van der Waals surface area contributed by atoms with Crippen LogP contribution in [0.4, 0.5) is 0 Å². The normalized spacial score (nSPS) is 20.7. The molecule has 0 spiro atoms. The van der Waals surface area contributed by atoms with Gasteiger partial charge in [-0.2, -0.15) is 0 Å². The molecule has 1 aromatic rings. The van der Waals surface area contributed by atoms with Crippen LogP contribution in [0.5, 0.6) is 5.75 Å². The van der Waals surface area contributed by atoms with E-state index in [1.165, 1.54) is 0 Å². The van der Waals surface area contributed by atoms with Crippen LogP contribution in [0.15, 0.2) is 24.3 Å². The number of carbonyl (C=O) groups excluding carboxylic acids is 1. The number of carboxylic acids is 1. The summed E-state index contributed by atoms with van der Waals surface area (Å²) in [5.41, 5.74) is 0. The summed E-state index contributed by atoms with van der Waals surface area (Å²) in [5, 5.41) is 11.9. The zero-order valence-corrected chi connectivity index (χ0v) is 10.9. The molecule has 0 aromatic heterocycles. The van der Waals surface area contributed by atoms with Gasteiger partial charge < -0.3 is 15.2 Å². The van der Waals surface area contributed by atoms with Crippen LogP contribution in [-0.4, -0.2) is 30.1 Å². The Morgan fingerprint density at radius 2 is 2.21 bits per heavy atom. The summed E-state index contributed by atoms with van der Waals surface area (Å²) in [5.74, 6) is -1.40. The molecule has 0 heterocycles. The number of nitrogens with one attached hydrogen (secondary N) is 1. The van der Waals surface area contributed by atoms with Gasteiger partial charge in [0.15, 0.2) is 0 Å². The van der Waals surface area contributed by atoms with Crippen LogP contribution >= 0.6 is 11.6 Å². The van der Waals surface area contributed by atoms with Gasteiger partial charge in [0, 0.05) is 5.02 Å². The highest BCUT2D eigenvalue weighted by Gasteiger charge is 2.48. The number of carbonyl (C=O) groups is 2. The van der Waals surface area contributed by atoms with Crippen LogP contribution in [0.3, 0.4) is 0 Å². The highest BCUT2D eigenvalue weighted by molar-refractivity contribution is 6.30. The van der Waals surface area contributed by atoms with E-state index in [4.69, 9.17) is 21.4 Å². The molecule has 1 amide bonds. The Labute approximate surface area is 115 Å². The maximum Gasteiger partial charge on any atom is 0.307 e. The predicted octanol–water partition coefficient (Wildman–Crippen LogP) is 1.56. The van der Waals surface area contributed by atoms with Gasteiger partial charge in [-0.1, -0.05) is 17.7 Å². The quantitative estimate of drug-likeness (QED) is 0.777. The Morgan fingerprint density at radius 3 is 2.84 bits per heavy atom. The molecule has 0 aliphatic heterocycles. The third kappa shape index (κ3) is 3.86. The Kier molecular flexibility index (Phi) is 4.27. The molecule has 2 unspecified atom stereocenters. The number of carboxylic acid groups (broad SMARTS) is 1. The molecule has 19 heavy (non-hydrogen) atoms. The standard InChI is InChI=1S/C13H14ClNO4/c14-8-2-1-3-9(6-8)19-5-4-15-12(16)10-7-11(10)13(17)18/h1-3,6,10-11H,4-5,7H2,(H,15,16)(H,17,18).